The van der Waals surface area contributed by atoms with Gasteiger partial charge in [-0.15, -0.1) is 0 Å². The molecule has 0 aliphatic heterocycles. The fourth-order valence-corrected chi connectivity index (χ4v) is 3.16. The molecular weight excluding hydrogens is 414 g/mol. The average molecular weight is 437 g/mol. The van der Waals surface area contributed by atoms with Crippen LogP contribution < -0.4 is 15.4 Å². The predicted octanol–water partition coefficient (Wildman–Crippen LogP) is 3.20. The topological polar surface area (TPSA) is 116 Å². The number of carbonyl (C=O) groups is 3. The number of methoxy groups -OCH3 is 2. The van der Waals surface area contributed by atoms with Crippen LogP contribution >= 0.6 is 0 Å². The lowest BCUT2D eigenvalue weighted by atomic mass is 10.0. The van der Waals surface area contributed by atoms with Crippen molar-refractivity contribution in [3.63, 3.8) is 0 Å². The average Bonchev–Trinajstić information content (AvgIpc) is 2.78. The lowest BCUT2D eigenvalue weighted by Gasteiger charge is -2.14. The molecule has 1 aromatic heterocycles. The highest BCUT2D eigenvalue weighted by Gasteiger charge is 2.21. The van der Waals surface area contributed by atoms with Crippen LogP contribution in [0.4, 0.5) is 10.5 Å². The van der Waals surface area contributed by atoms with Crippen LogP contribution in [0.15, 0.2) is 48.5 Å². The molecule has 0 atom stereocenters. The number of pyridine rings is 1. The number of nitrogens with one attached hydrogen (secondary N) is 2. The molecule has 2 N–H and O–H groups in total. The van der Waals surface area contributed by atoms with Crippen molar-refractivity contribution in [2.24, 2.45) is 0 Å². The molecule has 0 unspecified atom stereocenters. The van der Waals surface area contributed by atoms with Gasteiger partial charge in [0.2, 0.25) is 0 Å². The van der Waals surface area contributed by atoms with Gasteiger partial charge in [0.05, 0.1) is 30.5 Å². The number of benzene rings is 2. The Morgan fingerprint density at radius 1 is 1.00 bits per heavy atom. The Morgan fingerprint density at radius 2 is 1.72 bits per heavy atom. The molecule has 3 aromatic rings. The minimum atomic E-state index is -0.774. The van der Waals surface area contributed by atoms with Gasteiger partial charge in [-0.2, -0.15) is 0 Å². The number of para-hydroxylation sites is 1. The SMILES string of the molecule is COCc1nc2ccccc2c(C)c1C(=O)OCC(=O)NC(=O)Nc1ccc(OC)cc1. The molecule has 0 saturated heterocycles. The van der Waals surface area contributed by atoms with E-state index >= 15 is 0 Å². The lowest BCUT2D eigenvalue weighted by molar-refractivity contribution is -0.123. The second kappa shape index (κ2) is 10.4. The molecule has 3 rings (SSSR count). The first kappa shape index (κ1) is 22.7. The highest BCUT2D eigenvalue weighted by molar-refractivity contribution is 6.03. The molecule has 3 amide bonds. The molecule has 0 saturated carbocycles. The number of hydrogen-bond acceptors (Lipinski definition) is 7. The fraction of sp³-hybridized carbons (Fsp3) is 0.217. The molecule has 9 heteroatoms. The molecular formula is C23H23N3O6. The van der Waals surface area contributed by atoms with Crippen molar-refractivity contribution in [3.8, 4) is 5.75 Å². The first-order valence-electron chi connectivity index (χ1n) is 9.72. The smallest absolute Gasteiger partial charge is 0.340 e. The highest BCUT2D eigenvalue weighted by atomic mass is 16.5. The number of amides is 3. The third-order valence-electron chi connectivity index (χ3n) is 4.65. The lowest BCUT2D eigenvalue weighted by Crippen LogP contribution is -2.37. The number of esters is 1. The summed E-state index contributed by atoms with van der Waals surface area (Å²) in [6.07, 6.45) is 0. The van der Waals surface area contributed by atoms with Crippen LogP contribution in [0.2, 0.25) is 0 Å². The summed E-state index contributed by atoms with van der Waals surface area (Å²) in [5, 5.41) is 5.41. The van der Waals surface area contributed by atoms with E-state index in [4.69, 9.17) is 14.2 Å². The van der Waals surface area contributed by atoms with E-state index in [0.717, 1.165) is 10.9 Å². The Morgan fingerprint density at radius 3 is 2.41 bits per heavy atom. The number of anilines is 1. The van der Waals surface area contributed by atoms with E-state index in [-0.39, 0.29) is 12.2 Å². The second-order valence-corrected chi connectivity index (χ2v) is 6.82. The molecule has 0 aliphatic rings. The number of nitrogens with zero attached hydrogens (tertiary/aromatic N) is 1. The van der Waals surface area contributed by atoms with Crippen molar-refractivity contribution in [1.82, 2.24) is 10.3 Å². The zero-order valence-electron chi connectivity index (χ0n) is 17.9. The van der Waals surface area contributed by atoms with Crippen LogP contribution in [-0.2, 0) is 20.9 Å². The van der Waals surface area contributed by atoms with Crippen molar-refractivity contribution in [3.05, 3.63) is 65.4 Å². The van der Waals surface area contributed by atoms with Gasteiger partial charge in [-0.1, -0.05) is 18.2 Å². The zero-order chi connectivity index (χ0) is 23.1. The summed E-state index contributed by atoms with van der Waals surface area (Å²) in [5.74, 6) is -0.868. The summed E-state index contributed by atoms with van der Waals surface area (Å²) in [5.41, 5.74) is 2.51. The molecule has 166 valence electrons. The van der Waals surface area contributed by atoms with Crippen LogP contribution in [0.5, 0.6) is 5.75 Å². The number of hydrogen-bond donors (Lipinski definition) is 2. The van der Waals surface area contributed by atoms with Gasteiger partial charge < -0.3 is 19.5 Å². The van der Waals surface area contributed by atoms with Gasteiger partial charge in [0.25, 0.3) is 5.91 Å². The number of aryl methyl sites for hydroxylation is 1. The van der Waals surface area contributed by atoms with Crippen molar-refractivity contribution < 1.29 is 28.6 Å². The van der Waals surface area contributed by atoms with E-state index in [0.29, 0.717) is 22.7 Å². The number of aromatic nitrogens is 1. The summed E-state index contributed by atoms with van der Waals surface area (Å²) in [6, 6.07) is 13.2. The second-order valence-electron chi connectivity index (χ2n) is 6.82. The number of fused-ring (bicyclic) bond motifs is 1. The van der Waals surface area contributed by atoms with Gasteiger partial charge >= 0.3 is 12.0 Å². The van der Waals surface area contributed by atoms with Crippen LogP contribution in [0.3, 0.4) is 0 Å². The predicted molar refractivity (Wildman–Crippen MR) is 118 cm³/mol. The quantitative estimate of drug-likeness (QED) is 0.545. The van der Waals surface area contributed by atoms with Gasteiger partial charge in [0, 0.05) is 18.2 Å². The Kier molecular flexibility index (Phi) is 7.35. The van der Waals surface area contributed by atoms with Crippen molar-refractivity contribution in [2.75, 3.05) is 26.1 Å². The minimum absolute atomic E-state index is 0.104. The standard InChI is InChI=1S/C23H23N3O6/c1-14-17-6-4-5-7-18(17)25-19(12-30-2)21(14)22(28)32-13-20(27)26-23(29)24-15-8-10-16(31-3)11-9-15/h4-11H,12-13H2,1-3H3,(H2,24,26,27,29). The van der Waals surface area contributed by atoms with E-state index in [2.05, 4.69) is 15.6 Å². The first-order chi connectivity index (χ1) is 15.4. The van der Waals surface area contributed by atoms with Crippen LogP contribution in [0.25, 0.3) is 10.9 Å². The van der Waals surface area contributed by atoms with Crippen LogP contribution in [-0.4, -0.2) is 43.7 Å². The molecule has 0 fully saturated rings. The van der Waals surface area contributed by atoms with E-state index in [9.17, 15) is 14.4 Å². The monoisotopic (exact) mass is 437 g/mol. The minimum Gasteiger partial charge on any atom is -0.497 e. The Labute approximate surface area is 184 Å². The Bertz CT molecular complexity index is 1140. The molecule has 9 nitrogen and oxygen atoms in total. The van der Waals surface area contributed by atoms with E-state index < -0.39 is 24.5 Å². The van der Waals surface area contributed by atoms with Gasteiger partial charge in [0.15, 0.2) is 6.61 Å². The normalized spacial score (nSPS) is 10.5. The number of urea groups is 1. The van der Waals surface area contributed by atoms with Crippen molar-refractivity contribution >= 4 is 34.5 Å². The summed E-state index contributed by atoms with van der Waals surface area (Å²) in [4.78, 5) is 41.3. The number of ether oxygens (including phenoxy) is 3. The first-order valence-corrected chi connectivity index (χ1v) is 9.72. The molecule has 32 heavy (non-hydrogen) atoms. The third-order valence-corrected chi connectivity index (χ3v) is 4.65. The van der Waals surface area contributed by atoms with Crippen LogP contribution in [0.1, 0.15) is 21.6 Å². The number of carbonyl (C=O) groups excluding carboxylic acids is 3. The van der Waals surface area contributed by atoms with Crippen molar-refractivity contribution in [2.45, 2.75) is 13.5 Å². The van der Waals surface area contributed by atoms with E-state index in [1.54, 1.807) is 31.2 Å². The van der Waals surface area contributed by atoms with Gasteiger partial charge in [-0.05, 0) is 42.8 Å². The Balaban J connectivity index is 1.63. The summed E-state index contributed by atoms with van der Waals surface area (Å²) in [7, 11) is 3.03. The third kappa shape index (κ3) is 5.38. The summed E-state index contributed by atoms with van der Waals surface area (Å²) >= 11 is 0. The molecule has 0 bridgehead atoms. The summed E-state index contributed by atoms with van der Waals surface area (Å²) < 4.78 is 15.3. The van der Waals surface area contributed by atoms with Gasteiger partial charge in [-0.3, -0.25) is 10.1 Å². The number of imide groups is 1. The van der Waals surface area contributed by atoms with E-state index in [1.807, 2.05) is 24.3 Å². The molecule has 0 spiro atoms. The summed E-state index contributed by atoms with van der Waals surface area (Å²) in [6.45, 7) is 1.25. The largest absolute Gasteiger partial charge is 0.497 e. The maximum atomic E-state index is 12.7. The van der Waals surface area contributed by atoms with Crippen LogP contribution in [0, 0.1) is 6.92 Å². The molecule has 1 heterocycles. The maximum Gasteiger partial charge on any atom is 0.340 e. The number of rotatable bonds is 7. The maximum absolute atomic E-state index is 12.7. The van der Waals surface area contributed by atoms with Crippen molar-refractivity contribution in [1.29, 1.82) is 0 Å². The van der Waals surface area contributed by atoms with E-state index in [1.165, 1.54) is 14.2 Å². The molecule has 0 radical (unpaired) electrons. The molecule has 2 aromatic carbocycles. The fourth-order valence-electron chi connectivity index (χ4n) is 3.16. The van der Waals surface area contributed by atoms with Gasteiger partial charge in [-0.25, -0.2) is 14.6 Å². The highest BCUT2D eigenvalue weighted by Crippen LogP contribution is 2.24. The molecule has 0 aliphatic carbocycles. The Hall–Kier alpha value is -3.98. The van der Waals surface area contributed by atoms with Gasteiger partial charge in [0.1, 0.15) is 5.75 Å². The zero-order valence-corrected chi connectivity index (χ0v) is 17.9.